The Morgan fingerprint density at radius 1 is 1.18 bits per heavy atom. The fourth-order valence-corrected chi connectivity index (χ4v) is 5.66. The van der Waals surface area contributed by atoms with Gasteiger partial charge in [-0.15, -0.1) is 0 Å². The van der Waals surface area contributed by atoms with Gasteiger partial charge in [-0.3, -0.25) is 14.5 Å². The fourth-order valence-electron chi connectivity index (χ4n) is 4.32. The van der Waals surface area contributed by atoms with E-state index >= 15 is 0 Å². The Morgan fingerprint density at radius 3 is 2.50 bits per heavy atom. The van der Waals surface area contributed by atoms with Gasteiger partial charge in [0.05, 0.1) is 41.5 Å². The molecule has 1 atom stereocenters. The summed E-state index contributed by atoms with van der Waals surface area (Å²) in [6.07, 6.45) is 1.39. The lowest BCUT2D eigenvalue weighted by atomic mass is 10.0. The van der Waals surface area contributed by atoms with E-state index < -0.39 is 32.2 Å². The average molecular weight is 564 g/mol. The number of aromatic nitrogens is 4. The van der Waals surface area contributed by atoms with E-state index in [1.807, 2.05) is 6.92 Å². The lowest BCUT2D eigenvalue weighted by Gasteiger charge is -2.24. The van der Waals surface area contributed by atoms with Crippen LogP contribution in [0.25, 0.3) is 11.1 Å². The number of rotatable bonds is 10. The third-order valence-electron chi connectivity index (χ3n) is 6.29. The number of methoxy groups -OCH3 is 1. The van der Waals surface area contributed by atoms with Gasteiger partial charge in [0.25, 0.3) is 5.56 Å². The molecule has 0 unspecified atom stereocenters. The van der Waals surface area contributed by atoms with Crippen LogP contribution >= 0.6 is 0 Å². The molecule has 2 heterocycles. The van der Waals surface area contributed by atoms with E-state index in [2.05, 4.69) is 21.3 Å². The Labute approximate surface area is 231 Å². The van der Waals surface area contributed by atoms with Crippen LogP contribution in [0.4, 0.5) is 0 Å². The summed E-state index contributed by atoms with van der Waals surface area (Å²) in [5.74, 6) is -0.925. The van der Waals surface area contributed by atoms with Crippen LogP contribution in [-0.2, 0) is 25.9 Å². The highest BCUT2D eigenvalue weighted by Crippen LogP contribution is 2.30. The van der Waals surface area contributed by atoms with Crippen molar-refractivity contribution < 1.29 is 23.0 Å². The molecule has 2 aromatic heterocycles. The minimum absolute atomic E-state index is 0.00495. The first-order chi connectivity index (χ1) is 19.1. The third kappa shape index (κ3) is 5.67. The second kappa shape index (κ2) is 11.8. The van der Waals surface area contributed by atoms with Crippen molar-refractivity contribution in [3.05, 3.63) is 87.7 Å². The van der Waals surface area contributed by atoms with Gasteiger partial charge >= 0.3 is 0 Å². The highest BCUT2D eigenvalue weighted by Gasteiger charge is 2.32. The topological polar surface area (TPSA) is 160 Å². The molecule has 4 aromatic rings. The summed E-state index contributed by atoms with van der Waals surface area (Å²) in [5.41, 5.74) is 2.21. The number of ether oxygens (including phenoxy) is 2. The maximum atomic E-state index is 14.0. The van der Waals surface area contributed by atoms with Gasteiger partial charge in [-0.2, -0.15) is 15.3 Å². The molecular formula is C28H29N5O6S. The smallest absolute Gasteiger partial charge is 0.277 e. The summed E-state index contributed by atoms with van der Waals surface area (Å²) in [7, 11) is -3.08. The van der Waals surface area contributed by atoms with Gasteiger partial charge in [0.1, 0.15) is 12.4 Å². The Bertz CT molecular complexity index is 1720. The van der Waals surface area contributed by atoms with Crippen LogP contribution in [0.3, 0.4) is 0 Å². The molecular weight excluding hydrogens is 534 g/mol. The zero-order chi connectivity index (χ0) is 29.0. The normalized spacial score (nSPS) is 12.4. The second-order valence-corrected chi connectivity index (χ2v) is 11.2. The monoisotopic (exact) mass is 563 g/mol. The van der Waals surface area contributed by atoms with E-state index in [9.17, 15) is 23.6 Å². The number of aromatic hydroxyl groups is 1. The molecule has 11 nitrogen and oxygen atoms in total. The molecule has 0 radical (unpaired) electrons. The van der Waals surface area contributed by atoms with Crippen molar-refractivity contribution in [1.29, 1.82) is 5.26 Å². The lowest BCUT2D eigenvalue weighted by molar-refractivity contribution is 0.0557. The van der Waals surface area contributed by atoms with E-state index in [-0.39, 0.29) is 30.0 Å². The van der Waals surface area contributed by atoms with E-state index in [0.29, 0.717) is 11.1 Å². The van der Waals surface area contributed by atoms with Gasteiger partial charge in [0.15, 0.2) is 4.90 Å². The molecule has 0 saturated carbocycles. The quantitative estimate of drug-likeness (QED) is 0.294. The summed E-state index contributed by atoms with van der Waals surface area (Å²) in [4.78, 5) is 17.1. The van der Waals surface area contributed by atoms with Crippen LogP contribution in [0.2, 0.25) is 0 Å². The van der Waals surface area contributed by atoms with Crippen LogP contribution in [0.1, 0.15) is 42.5 Å². The molecule has 0 aliphatic heterocycles. The van der Waals surface area contributed by atoms with E-state index in [1.54, 1.807) is 56.4 Å². The number of nitrogens with one attached hydrogen (secondary N) is 1. The van der Waals surface area contributed by atoms with Crippen LogP contribution < -0.4 is 5.56 Å². The van der Waals surface area contributed by atoms with Crippen molar-refractivity contribution in [3.63, 3.8) is 0 Å². The largest absolute Gasteiger partial charge is 0.492 e. The van der Waals surface area contributed by atoms with Crippen molar-refractivity contribution >= 4 is 9.84 Å². The maximum Gasteiger partial charge on any atom is 0.277 e. The molecule has 2 aromatic carbocycles. The molecule has 2 N–H and O–H groups in total. The Balaban J connectivity index is 1.90. The SMILES string of the molecule is COC[C@@H](c1cccc(C#N)c1)n1c(COC(C)C)nc(O)c(S(=O)(=O)c2ccc(-c3cn[nH]c3C)cc2)c1=O. The minimum Gasteiger partial charge on any atom is -0.492 e. The van der Waals surface area contributed by atoms with E-state index in [4.69, 9.17) is 9.47 Å². The molecule has 40 heavy (non-hydrogen) atoms. The van der Waals surface area contributed by atoms with Crippen molar-refractivity contribution in [3.8, 4) is 23.1 Å². The number of H-pyrrole nitrogens is 1. The highest BCUT2D eigenvalue weighted by molar-refractivity contribution is 7.91. The van der Waals surface area contributed by atoms with Crippen LogP contribution in [0, 0.1) is 18.3 Å². The van der Waals surface area contributed by atoms with Crippen molar-refractivity contribution in [2.45, 2.75) is 49.3 Å². The molecule has 0 aliphatic rings. The first kappa shape index (κ1) is 28.7. The molecule has 0 amide bonds. The second-order valence-electron chi connectivity index (χ2n) is 9.36. The molecule has 0 aliphatic carbocycles. The Morgan fingerprint density at radius 2 is 1.90 bits per heavy atom. The van der Waals surface area contributed by atoms with Gasteiger partial charge in [-0.1, -0.05) is 24.3 Å². The van der Waals surface area contributed by atoms with Gasteiger partial charge in [-0.25, -0.2) is 8.42 Å². The number of hydrogen-bond donors (Lipinski definition) is 2. The van der Waals surface area contributed by atoms with Gasteiger partial charge in [0, 0.05) is 18.4 Å². The number of benzene rings is 2. The molecule has 0 bridgehead atoms. The molecule has 4 rings (SSSR count). The number of aryl methyl sites for hydroxylation is 1. The number of nitriles is 1. The zero-order valence-electron chi connectivity index (χ0n) is 22.5. The summed E-state index contributed by atoms with van der Waals surface area (Å²) in [5, 5.41) is 27.0. The lowest BCUT2D eigenvalue weighted by Crippen LogP contribution is -2.35. The van der Waals surface area contributed by atoms with Gasteiger partial charge in [-0.05, 0) is 56.2 Å². The minimum atomic E-state index is -4.51. The Hall–Kier alpha value is -4.31. The van der Waals surface area contributed by atoms with Crippen LogP contribution in [-0.4, -0.2) is 53.1 Å². The molecule has 0 fully saturated rings. The predicted octanol–water partition coefficient (Wildman–Crippen LogP) is 3.51. The van der Waals surface area contributed by atoms with Gasteiger partial charge in [0.2, 0.25) is 15.7 Å². The third-order valence-corrected chi connectivity index (χ3v) is 8.07. The van der Waals surface area contributed by atoms with Crippen molar-refractivity contribution in [1.82, 2.24) is 19.7 Å². The maximum absolute atomic E-state index is 14.0. The standard InChI is InChI=1S/C28H29N5O6S/c1-17(2)39-16-25-31-27(34)26(28(35)33(25)24(15-38-4)21-7-5-6-19(12-21)13-29)40(36,37)22-10-8-20(9-11-22)23-14-30-32-18(23)3/h5-12,14,17,24,34H,15-16H2,1-4H3,(H,30,32)/t24-/m0/s1. The number of sulfone groups is 1. The fraction of sp³-hybridized carbons (Fsp3) is 0.286. The van der Waals surface area contributed by atoms with Crippen LogP contribution in [0.15, 0.2) is 69.3 Å². The zero-order valence-corrected chi connectivity index (χ0v) is 23.3. The number of hydrogen-bond acceptors (Lipinski definition) is 9. The summed E-state index contributed by atoms with van der Waals surface area (Å²) in [6, 6.07) is 13.6. The van der Waals surface area contributed by atoms with Gasteiger partial charge < -0.3 is 14.6 Å². The van der Waals surface area contributed by atoms with Crippen molar-refractivity contribution in [2.75, 3.05) is 13.7 Å². The molecule has 12 heteroatoms. The predicted molar refractivity (Wildman–Crippen MR) is 145 cm³/mol. The first-order valence-electron chi connectivity index (χ1n) is 12.4. The summed E-state index contributed by atoms with van der Waals surface area (Å²) in [6.45, 7) is 5.19. The first-order valence-corrected chi connectivity index (χ1v) is 13.9. The highest BCUT2D eigenvalue weighted by atomic mass is 32.2. The van der Waals surface area contributed by atoms with E-state index in [1.165, 1.54) is 19.2 Å². The number of aromatic amines is 1. The number of nitrogens with zero attached hydrogens (tertiary/aromatic N) is 4. The Kier molecular flexibility index (Phi) is 8.49. The van der Waals surface area contributed by atoms with E-state index in [0.717, 1.165) is 21.4 Å². The molecule has 208 valence electrons. The average Bonchev–Trinajstić information content (AvgIpc) is 3.36. The summed E-state index contributed by atoms with van der Waals surface area (Å²) < 4.78 is 39.7. The molecule has 0 saturated heterocycles. The van der Waals surface area contributed by atoms with Crippen LogP contribution in [0.5, 0.6) is 5.88 Å². The molecule has 0 spiro atoms. The summed E-state index contributed by atoms with van der Waals surface area (Å²) >= 11 is 0. The van der Waals surface area contributed by atoms with Crippen molar-refractivity contribution in [2.24, 2.45) is 0 Å².